The summed E-state index contributed by atoms with van der Waals surface area (Å²) >= 11 is 2.08. The van der Waals surface area contributed by atoms with Gasteiger partial charge in [-0.15, -0.1) is 0 Å². The number of carbonyl (C=O) groups is 1. The molecule has 2 aliphatic rings. The van der Waals surface area contributed by atoms with Gasteiger partial charge >= 0.3 is 0 Å². The highest BCUT2D eigenvalue weighted by molar-refractivity contribution is 7.99. The molecule has 3 rings (SSSR count). The molecule has 1 saturated carbocycles. The monoisotopic (exact) mass is 431 g/mol. The van der Waals surface area contributed by atoms with E-state index in [1.807, 2.05) is 24.3 Å². The first-order valence-electron chi connectivity index (χ1n) is 11.2. The van der Waals surface area contributed by atoms with Crippen molar-refractivity contribution in [2.45, 2.75) is 44.7 Å². The standard InChI is InChI=1S/C23H37N5OS/c1-4-24-22(25-17-19-7-9-20(10-8-19)21(29)27(2)3)26-18-23(11-5-6-12-23)28-13-15-30-16-14-28/h7-10H,4-6,11-18H2,1-3H3,(H2,24,25,26). The zero-order chi connectivity index (χ0) is 21.4. The molecular weight excluding hydrogens is 394 g/mol. The lowest BCUT2D eigenvalue weighted by Crippen LogP contribution is -2.57. The summed E-state index contributed by atoms with van der Waals surface area (Å²) in [4.78, 5) is 21.2. The maximum absolute atomic E-state index is 12.1. The van der Waals surface area contributed by atoms with Crippen LogP contribution in [0.1, 0.15) is 48.5 Å². The molecule has 30 heavy (non-hydrogen) atoms. The number of nitrogens with zero attached hydrogens (tertiary/aromatic N) is 3. The molecule has 2 N–H and O–H groups in total. The third-order valence-corrected chi connectivity index (χ3v) is 7.11. The topological polar surface area (TPSA) is 60.0 Å². The second-order valence-electron chi connectivity index (χ2n) is 8.48. The fourth-order valence-corrected chi connectivity index (χ4v) is 5.35. The lowest BCUT2D eigenvalue weighted by atomic mass is 9.94. The third kappa shape index (κ3) is 5.91. The van der Waals surface area contributed by atoms with Crippen LogP contribution in [0.2, 0.25) is 0 Å². The Morgan fingerprint density at radius 2 is 1.80 bits per heavy atom. The highest BCUT2D eigenvalue weighted by atomic mass is 32.2. The van der Waals surface area contributed by atoms with E-state index < -0.39 is 0 Å². The Labute approximate surface area is 185 Å². The van der Waals surface area contributed by atoms with Crippen LogP contribution in [0.4, 0.5) is 0 Å². The number of amides is 1. The quantitative estimate of drug-likeness (QED) is 0.514. The summed E-state index contributed by atoms with van der Waals surface area (Å²) < 4.78 is 0. The first kappa shape index (κ1) is 22.9. The van der Waals surface area contributed by atoms with Gasteiger partial charge in [0.2, 0.25) is 0 Å². The molecule has 0 spiro atoms. The minimum absolute atomic E-state index is 0.0260. The average molecular weight is 432 g/mol. The molecule has 1 aromatic rings. The molecule has 1 saturated heterocycles. The van der Waals surface area contributed by atoms with E-state index >= 15 is 0 Å². The van der Waals surface area contributed by atoms with Gasteiger partial charge < -0.3 is 15.5 Å². The van der Waals surface area contributed by atoms with E-state index in [0.717, 1.165) is 24.6 Å². The summed E-state index contributed by atoms with van der Waals surface area (Å²) in [7, 11) is 3.55. The highest BCUT2D eigenvalue weighted by Crippen LogP contribution is 2.36. The molecule has 1 amide bonds. The number of thioether (sulfide) groups is 1. The molecule has 0 atom stereocenters. The van der Waals surface area contributed by atoms with Gasteiger partial charge in [0.15, 0.2) is 5.96 Å². The minimum atomic E-state index is 0.0260. The zero-order valence-electron chi connectivity index (χ0n) is 18.7. The van der Waals surface area contributed by atoms with Crippen LogP contribution in [0, 0.1) is 0 Å². The number of benzene rings is 1. The minimum Gasteiger partial charge on any atom is -0.357 e. The predicted molar refractivity (Wildman–Crippen MR) is 127 cm³/mol. The van der Waals surface area contributed by atoms with E-state index in [1.165, 1.54) is 50.3 Å². The van der Waals surface area contributed by atoms with E-state index in [-0.39, 0.29) is 11.4 Å². The van der Waals surface area contributed by atoms with E-state index in [9.17, 15) is 4.79 Å². The molecule has 166 valence electrons. The van der Waals surface area contributed by atoms with Crippen molar-refractivity contribution in [1.82, 2.24) is 20.4 Å². The first-order valence-corrected chi connectivity index (χ1v) is 12.3. The van der Waals surface area contributed by atoms with Crippen LogP contribution in [0.3, 0.4) is 0 Å². The Balaban J connectivity index is 1.62. The summed E-state index contributed by atoms with van der Waals surface area (Å²) in [5.41, 5.74) is 2.09. The number of nitrogens with one attached hydrogen (secondary N) is 2. The lowest BCUT2D eigenvalue weighted by Gasteiger charge is -2.43. The predicted octanol–water partition coefficient (Wildman–Crippen LogP) is 2.81. The Morgan fingerprint density at radius 3 is 2.40 bits per heavy atom. The van der Waals surface area contributed by atoms with Crippen molar-refractivity contribution in [1.29, 1.82) is 0 Å². The SMILES string of the molecule is CCNC(=NCc1ccc(C(=O)N(C)C)cc1)NCC1(N2CCSCC2)CCCC1. The van der Waals surface area contributed by atoms with Crippen LogP contribution in [-0.2, 0) is 6.54 Å². The smallest absolute Gasteiger partial charge is 0.253 e. The van der Waals surface area contributed by atoms with Gasteiger partial charge in [-0.05, 0) is 37.5 Å². The normalized spacial score (nSPS) is 19.5. The number of hydrogen-bond donors (Lipinski definition) is 2. The highest BCUT2D eigenvalue weighted by Gasteiger charge is 2.39. The second-order valence-corrected chi connectivity index (χ2v) is 9.70. The molecular formula is C23H37N5OS. The molecule has 1 heterocycles. The zero-order valence-corrected chi connectivity index (χ0v) is 19.6. The van der Waals surface area contributed by atoms with Gasteiger partial charge in [-0.2, -0.15) is 11.8 Å². The molecule has 1 aromatic carbocycles. The molecule has 1 aliphatic carbocycles. The molecule has 0 radical (unpaired) electrons. The van der Waals surface area contributed by atoms with Crippen molar-refractivity contribution in [3.8, 4) is 0 Å². The van der Waals surface area contributed by atoms with Gasteiger partial charge in [0, 0.05) is 62.9 Å². The lowest BCUT2D eigenvalue weighted by molar-refractivity contribution is 0.0827. The summed E-state index contributed by atoms with van der Waals surface area (Å²) in [6, 6.07) is 7.76. The number of hydrogen-bond acceptors (Lipinski definition) is 4. The molecule has 0 unspecified atom stereocenters. The summed E-state index contributed by atoms with van der Waals surface area (Å²) in [6.07, 6.45) is 5.23. The third-order valence-electron chi connectivity index (χ3n) is 6.17. The van der Waals surface area contributed by atoms with Crippen molar-refractivity contribution < 1.29 is 4.79 Å². The van der Waals surface area contributed by atoms with E-state index in [4.69, 9.17) is 4.99 Å². The van der Waals surface area contributed by atoms with Gasteiger partial charge in [-0.1, -0.05) is 25.0 Å². The van der Waals surface area contributed by atoms with E-state index in [1.54, 1.807) is 19.0 Å². The van der Waals surface area contributed by atoms with Crippen LogP contribution in [0.25, 0.3) is 0 Å². The summed E-state index contributed by atoms with van der Waals surface area (Å²) in [5, 5.41) is 7.04. The van der Waals surface area contributed by atoms with Crippen LogP contribution in [0.5, 0.6) is 0 Å². The van der Waals surface area contributed by atoms with Crippen molar-refractivity contribution in [2.24, 2.45) is 4.99 Å². The molecule has 0 bridgehead atoms. The fraction of sp³-hybridized carbons (Fsp3) is 0.652. The number of guanidine groups is 1. The van der Waals surface area contributed by atoms with Gasteiger partial charge in [-0.3, -0.25) is 9.69 Å². The average Bonchev–Trinajstić information content (AvgIpc) is 3.26. The van der Waals surface area contributed by atoms with Crippen LogP contribution in [-0.4, -0.2) is 79.0 Å². The van der Waals surface area contributed by atoms with Crippen molar-refractivity contribution in [3.05, 3.63) is 35.4 Å². The van der Waals surface area contributed by atoms with Crippen molar-refractivity contribution in [3.63, 3.8) is 0 Å². The van der Waals surface area contributed by atoms with Crippen LogP contribution < -0.4 is 10.6 Å². The second kappa shape index (κ2) is 11.0. The molecule has 7 heteroatoms. The maximum atomic E-state index is 12.1. The summed E-state index contributed by atoms with van der Waals surface area (Å²) in [5.74, 6) is 3.41. The Morgan fingerprint density at radius 1 is 1.13 bits per heavy atom. The van der Waals surface area contributed by atoms with E-state index in [2.05, 4.69) is 34.2 Å². The van der Waals surface area contributed by atoms with Gasteiger partial charge in [0.25, 0.3) is 5.91 Å². The van der Waals surface area contributed by atoms with E-state index in [0.29, 0.717) is 12.1 Å². The largest absolute Gasteiger partial charge is 0.357 e. The van der Waals surface area contributed by atoms with Crippen LogP contribution in [0.15, 0.2) is 29.3 Å². The van der Waals surface area contributed by atoms with Crippen molar-refractivity contribution in [2.75, 3.05) is 51.8 Å². The summed E-state index contributed by atoms with van der Waals surface area (Å²) in [6.45, 7) is 6.91. The Kier molecular flexibility index (Phi) is 8.45. The number of carbonyl (C=O) groups excluding carboxylic acids is 1. The Hall–Kier alpha value is -1.73. The van der Waals surface area contributed by atoms with Gasteiger partial charge in [0.1, 0.15) is 0 Å². The molecule has 0 aromatic heterocycles. The first-order chi connectivity index (χ1) is 14.5. The molecule has 2 fully saturated rings. The number of aliphatic imine (C=N–C) groups is 1. The maximum Gasteiger partial charge on any atom is 0.253 e. The number of rotatable bonds is 7. The molecule has 1 aliphatic heterocycles. The fourth-order valence-electron chi connectivity index (χ4n) is 4.45. The Bertz CT molecular complexity index is 707. The van der Waals surface area contributed by atoms with Crippen LogP contribution >= 0.6 is 11.8 Å². The van der Waals surface area contributed by atoms with Gasteiger partial charge in [0.05, 0.1) is 6.54 Å². The molecule has 6 nitrogen and oxygen atoms in total. The van der Waals surface area contributed by atoms with Crippen molar-refractivity contribution >= 4 is 23.6 Å². The van der Waals surface area contributed by atoms with Gasteiger partial charge in [-0.25, -0.2) is 4.99 Å².